The molecule has 0 unspecified atom stereocenters. The fourth-order valence-corrected chi connectivity index (χ4v) is 2.91. The van der Waals surface area contributed by atoms with Gasteiger partial charge < -0.3 is 10.2 Å². The van der Waals surface area contributed by atoms with E-state index in [1.807, 2.05) is 18.2 Å². The molecule has 0 aliphatic heterocycles. The highest BCUT2D eigenvalue weighted by Crippen LogP contribution is 2.18. The molecule has 0 spiro atoms. The first-order valence-corrected chi connectivity index (χ1v) is 9.49. The molecule has 29 heavy (non-hydrogen) atoms. The molecular formula is C23H24N4O2. The second-order valence-corrected chi connectivity index (χ2v) is 7.06. The van der Waals surface area contributed by atoms with Crippen LogP contribution in [0, 0.1) is 0 Å². The van der Waals surface area contributed by atoms with E-state index in [-0.39, 0.29) is 23.4 Å². The normalized spacial score (nSPS) is 10.6. The van der Waals surface area contributed by atoms with E-state index in [2.05, 4.69) is 46.2 Å². The van der Waals surface area contributed by atoms with Gasteiger partial charge in [-0.05, 0) is 38.5 Å². The van der Waals surface area contributed by atoms with Gasteiger partial charge in [0.25, 0.3) is 5.91 Å². The third-order valence-corrected chi connectivity index (χ3v) is 4.51. The van der Waals surface area contributed by atoms with Gasteiger partial charge in [0, 0.05) is 23.8 Å². The largest absolute Gasteiger partial charge is 0.349 e. The molecular weight excluding hydrogens is 364 g/mol. The van der Waals surface area contributed by atoms with Crippen LogP contribution in [0.5, 0.6) is 0 Å². The molecule has 148 valence electrons. The number of carbonyl (C=O) groups is 2. The zero-order chi connectivity index (χ0) is 20.8. The number of benzene rings is 2. The number of nitrogens with one attached hydrogen (secondary N) is 1. The van der Waals surface area contributed by atoms with Crippen molar-refractivity contribution in [1.82, 2.24) is 9.97 Å². The number of ketones is 1. The molecule has 3 rings (SSSR count). The Balaban J connectivity index is 1.73. The zero-order valence-corrected chi connectivity index (χ0v) is 16.8. The number of hydrogen-bond acceptors (Lipinski definition) is 5. The second-order valence-electron chi connectivity index (χ2n) is 7.06. The topological polar surface area (TPSA) is 75.2 Å². The van der Waals surface area contributed by atoms with Gasteiger partial charge in [-0.25, -0.2) is 9.97 Å². The maximum Gasteiger partial charge on any atom is 0.275 e. The average Bonchev–Trinajstić information content (AvgIpc) is 2.73. The van der Waals surface area contributed by atoms with E-state index in [1.165, 1.54) is 18.7 Å². The van der Waals surface area contributed by atoms with Gasteiger partial charge in [0.2, 0.25) is 0 Å². The molecule has 1 heterocycles. The van der Waals surface area contributed by atoms with Crippen molar-refractivity contribution in [3.8, 4) is 0 Å². The summed E-state index contributed by atoms with van der Waals surface area (Å²) in [5, 5.41) is 2.76. The van der Waals surface area contributed by atoms with Crippen molar-refractivity contribution < 1.29 is 9.59 Å². The Hall–Kier alpha value is -3.54. The van der Waals surface area contributed by atoms with Crippen molar-refractivity contribution in [2.24, 2.45) is 0 Å². The summed E-state index contributed by atoms with van der Waals surface area (Å²) in [5.74, 6) is 0.278. The number of hydrogen-bond donors (Lipinski definition) is 1. The molecule has 0 aliphatic carbocycles. The summed E-state index contributed by atoms with van der Waals surface area (Å²) in [6.45, 7) is 6.37. The maximum absolute atomic E-state index is 12.5. The van der Waals surface area contributed by atoms with Crippen LogP contribution < -0.4 is 10.2 Å². The Kier molecular flexibility index (Phi) is 6.34. The van der Waals surface area contributed by atoms with Gasteiger partial charge in [0.15, 0.2) is 5.78 Å². The molecule has 1 amide bonds. The SMILES string of the molecule is CC(=O)c1cccc(NC(=O)c2cnc(N(Cc3ccccc3)C(C)C)cn2)c1. The standard InChI is InChI=1S/C23H24N4O2/c1-16(2)27(15-18-8-5-4-6-9-18)22-14-24-21(13-25-22)23(29)26-20-11-7-10-19(12-20)17(3)28/h4-14,16H,15H2,1-3H3,(H,26,29). The highest BCUT2D eigenvalue weighted by molar-refractivity contribution is 6.03. The second kappa shape index (κ2) is 9.10. The Bertz CT molecular complexity index is 985. The van der Waals surface area contributed by atoms with Gasteiger partial charge in [0.05, 0.1) is 12.4 Å². The van der Waals surface area contributed by atoms with E-state index in [4.69, 9.17) is 0 Å². The number of Topliss-reactive ketones (excluding diaryl/α,β-unsaturated/α-hetero) is 1. The van der Waals surface area contributed by atoms with Crippen molar-refractivity contribution in [3.05, 3.63) is 83.8 Å². The summed E-state index contributed by atoms with van der Waals surface area (Å²) in [7, 11) is 0. The Labute approximate surface area is 170 Å². The molecule has 0 fully saturated rings. The molecule has 3 aromatic rings. The van der Waals surface area contributed by atoms with E-state index in [9.17, 15) is 9.59 Å². The van der Waals surface area contributed by atoms with Gasteiger partial charge in [-0.2, -0.15) is 0 Å². The minimum Gasteiger partial charge on any atom is -0.349 e. The van der Waals surface area contributed by atoms with Crippen molar-refractivity contribution in [3.63, 3.8) is 0 Å². The van der Waals surface area contributed by atoms with Crippen LogP contribution in [-0.4, -0.2) is 27.7 Å². The van der Waals surface area contributed by atoms with E-state index in [0.717, 1.165) is 0 Å². The maximum atomic E-state index is 12.5. The lowest BCUT2D eigenvalue weighted by molar-refractivity contribution is 0.100. The van der Waals surface area contributed by atoms with Gasteiger partial charge >= 0.3 is 0 Å². The van der Waals surface area contributed by atoms with Crippen LogP contribution in [0.25, 0.3) is 0 Å². The third-order valence-electron chi connectivity index (χ3n) is 4.51. The summed E-state index contributed by atoms with van der Waals surface area (Å²) < 4.78 is 0. The predicted molar refractivity (Wildman–Crippen MR) is 114 cm³/mol. The summed E-state index contributed by atoms with van der Waals surface area (Å²) in [4.78, 5) is 34.9. The van der Waals surface area contributed by atoms with Crippen molar-refractivity contribution in [1.29, 1.82) is 0 Å². The average molecular weight is 388 g/mol. The van der Waals surface area contributed by atoms with Gasteiger partial charge in [-0.3, -0.25) is 9.59 Å². The molecule has 0 radical (unpaired) electrons. The molecule has 0 aliphatic rings. The third kappa shape index (κ3) is 5.25. The molecule has 6 heteroatoms. The Morgan fingerprint density at radius 3 is 2.38 bits per heavy atom. The van der Waals surface area contributed by atoms with Gasteiger partial charge in [-0.1, -0.05) is 42.5 Å². The summed E-state index contributed by atoms with van der Waals surface area (Å²) in [6, 6.07) is 17.2. The minimum atomic E-state index is -0.371. The smallest absolute Gasteiger partial charge is 0.275 e. The first-order valence-electron chi connectivity index (χ1n) is 9.49. The zero-order valence-electron chi connectivity index (χ0n) is 16.8. The molecule has 1 N–H and O–H groups in total. The molecule has 2 aromatic carbocycles. The predicted octanol–water partition coefficient (Wildman–Crippen LogP) is 4.35. The molecule has 1 aromatic heterocycles. The van der Waals surface area contributed by atoms with Crippen LogP contribution in [0.1, 0.15) is 47.2 Å². The minimum absolute atomic E-state index is 0.0579. The van der Waals surface area contributed by atoms with Crippen LogP contribution in [0.4, 0.5) is 11.5 Å². The number of aromatic nitrogens is 2. The fourth-order valence-electron chi connectivity index (χ4n) is 2.91. The van der Waals surface area contributed by atoms with Gasteiger partial charge in [-0.15, -0.1) is 0 Å². The first-order chi connectivity index (χ1) is 13.9. The van der Waals surface area contributed by atoms with E-state index in [1.54, 1.807) is 30.5 Å². The van der Waals surface area contributed by atoms with Crippen LogP contribution in [0.2, 0.25) is 0 Å². The lowest BCUT2D eigenvalue weighted by Gasteiger charge is -2.27. The summed E-state index contributed by atoms with van der Waals surface area (Å²) >= 11 is 0. The van der Waals surface area contributed by atoms with Crippen molar-refractivity contribution in [2.75, 3.05) is 10.2 Å². The number of amides is 1. The van der Waals surface area contributed by atoms with E-state index in [0.29, 0.717) is 23.6 Å². The Morgan fingerprint density at radius 1 is 1.00 bits per heavy atom. The van der Waals surface area contributed by atoms with Crippen LogP contribution in [0.3, 0.4) is 0 Å². The van der Waals surface area contributed by atoms with Crippen molar-refractivity contribution >= 4 is 23.2 Å². The molecule has 0 saturated carbocycles. The Morgan fingerprint density at radius 2 is 1.76 bits per heavy atom. The molecule has 0 saturated heterocycles. The molecule has 0 bridgehead atoms. The lowest BCUT2D eigenvalue weighted by atomic mass is 10.1. The fraction of sp³-hybridized carbons (Fsp3) is 0.217. The molecule has 6 nitrogen and oxygen atoms in total. The lowest BCUT2D eigenvalue weighted by Crippen LogP contribution is -2.31. The molecule has 0 atom stereocenters. The number of anilines is 2. The monoisotopic (exact) mass is 388 g/mol. The quantitative estimate of drug-likeness (QED) is 0.609. The van der Waals surface area contributed by atoms with Crippen LogP contribution in [0.15, 0.2) is 67.0 Å². The van der Waals surface area contributed by atoms with Crippen LogP contribution in [-0.2, 0) is 6.54 Å². The highest BCUT2D eigenvalue weighted by Gasteiger charge is 2.15. The number of carbonyl (C=O) groups excluding carboxylic acids is 2. The van der Waals surface area contributed by atoms with E-state index < -0.39 is 0 Å². The highest BCUT2D eigenvalue weighted by atomic mass is 16.2. The number of nitrogens with zero attached hydrogens (tertiary/aromatic N) is 3. The van der Waals surface area contributed by atoms with Gasteiger partial charge in [0.1, 0.15) is 11.5 Å². The van der Waals surface area contributed by atoms with Crippen LogP contribution >= 0.6 is 0 Å². The van der Waals surface area contributed by atoms with Crippen molar-refractivity contribution in [2.45, 2.75) is 33.4 Å². The summed E-state index contributed by atoms with van der Waals surface area (Å²) in [5.41, 5.74) is 2.47. The first kappa shape index (κ1) is 20.2. The van der Waals surface area contributed by atoms with E-state index >= 15 is 0 Å². The number of rotatable bonds is 7. The summed E-state index contributed by atoms with van der Waals surface area (Å²) in [6.07, 6.45) is 3.09.